The third-order valence-electron chi connectivity index (χ3n) is 4.24. The van der Waals surface area contributed by atoms with E-state index in [1.54, 1.807) is 24.0 Å². The number of halogens is 1. The number of thiophene rings is 1. The van der Waals surface area contributed by atoms with E-state index >= 15 is 0 Å². The van der Waals surface area contributed by atoms with Gasteiger partial charge in [-0.3, -0.25) is 4.79 Å². The number of piperazine rings is 1. The minimum atomic E-state index is -3.49. The fourth-order valence-electron chi connectivity index (χ4n) is 2.76. The Morgan fingerprint density at radius 2 is 1.96 bits per heavy atom. The fourth-order valence-corrected chi connectivity index (χ4v) is 6.35. The number of hydrogen-bond acceptors (Lipinski definition) is 6. The highest BCUT2D eigenvalue weighted by molar-refractivity contribution is 9.11. The summed E-state index contributed by atoms with van der Waals surface area (Å²) >= 11 is 4.48. The van der Waals surface area contributed by atoms with Crippen molar-refractivity contribution in [1.82, 2.24) is 14.4 Å². The summed E-state index contributed by atoms with van der Waals surface area (Å²) in [4.78, 5) is 14.2. The molecule has 3 rings (SSSR count). The van der Waals surface area contributed by atoms with Gasteiger partial charge >= 0.3 is 0 Å². The Kier molecular flexibility index (Phi) is 5.33. The molecule has 1 aliphatic heterocycles. The minimum Gasteiger partial charge on any atom is -0.361 e. The molecule has 136 valence electrons. The van der Waals surface area contributed by atoms with Crippen LogP contribution in [0.5, 0.6) is 0 Å². The van der Waals surface area contributed by atoms with Crippen LogP contribution >= 0.6 is 27.3 Å². The number of hydrogen-bond donors (Lipinski definition) is 0. The van der Waals surface area contributed by atoms with E-state index in [0.29, 0.717) is 36.1 Å². The smallest absolute Gasteiger partial charge is 0.252 e. The molecule has 3 heterocycles. The van der Waals surface area contributed by atoms with Gasteiger partial charge in [0.1, 0.15) is 9.97 Å². The molecule has 2 aromatic rings. The summed E-state index contributed by atoms with van der Waals surface area (Å²) in [5, 5.41) is 3.86. The van der Waals surface area contributed by atoms with E-state index < -0.39 is 10.0 Å². The van der Waals surface area contributed by atoms with E-state index in [2.05, 4.69) is 21.1 Å². The topological polar surface area (TPSA) is 83.7 Å². The van der Waals surface area contributed by atoms with Crippen LogP contribution in [-0.2, 0) is 21.2 Å². The van der Waals surface area contributed by atoms with E-state index in [1.165, 1.54) is 15.6 Å². The normalized spacial score (nSPS) is 16.4. The van der Waals surface area contributed by atoms with Gasteiger partial charge in [-0.1, -0.05) is 5.16 Å². The maximum absolute atomic E-state index is 12.6. The van der Waals surface area contributed by atoms with Crippen molar-refractivity contribution in [1.29, 1.82) is 0 Å². The second kappa shape index (κ2) is 7.18. The molecule has 25 heavy (non-hydrogen) atoms. The van der Waals surface area contributed by atoms with Gasteiger partial charge in [-0.15, -0.1) is 11.3 Å². The lowest BCUT2D eigenvalue weighted by atomic mass is 10.1. The number of aryl methyl sites for hydroxylation is 2. The number of carbonyl (C=O) groups is 1. The highest BCUT2D eigenvalue weighted by Gasteiger charge is 2.31. The molecule has 7 nitrogen and oxygen atoms in total. The highest BCUT2D eigenvalue weighted by Crippen LogP contribution is 2.29. The van der Waals surface area contributed by atoms with Crippen molar-refractivity contribution in [3.05, 3.63) is 32.9 Å². The molecule has 0 unspecified atom stereocenters. The summed E-state index contributed by atoms with van der Waals surface area (Å²) in [7, 11) is -3.49. The summed E-state index contributed by atoms with van der Waals surface area (Å²) < 4.78 is 32.8. The molecule has 0 bridgehead atoms. The quantitative estimate of drug-likeness (QED) is 0.716. The number of rotatable bonds is 4. The predicted octanol–water partition coefficient (Wildman–Crippen LogP) is 2.19. The molecule has 10 heteroatoms. The molecule has 1 fully saturated rings. The van der Waals surface area contributed by atoms with Gasteiger partial charge in [0.15, 0.2) is 0 Å². The van der Waals surface area contributed by atoms with Crippen LogP contribution < -0.4 is 0 Å². The molecule has 1 saturated heterocycles. The van der Waals surface area contributed by atoms with E-state index in [-0.39, 0.29) is 12.3 Å². The van der Waals surface area contributed by atoms with Crippen LogP contribution in [0, 0.1) is 13.8 Å². The lowest BCUT2D eigenvalue weighted by Gasteiger charge is -2.33. The maximum atomic E-state index is 12.6. The monoisotopic (exact) mass is 447 g/mol. The van der Waals surface area contributed by atoms with Crippen molar-refractivity contribution in [3.63, 3.8) is 0 Å². The molecule has 0 aromatic carbocycles. The van der Waals surface area contributed by atoms with Gasteiger partial charge in [0.2, 0.25) is 5.91 Å². The Bertz CT molecular complexity index is 863. The van der Waals surface area contributed by atoms with Gasteiger partial charge in [0.05, 0.1) is 15.9 Å². The Balaban J connectivity index is 1.63. The van der Waals surface area contributed by atoms with Gasteiger partial charge in [-0.05, 0) is 41.9 Å². The largest absolute Gasteiger partial charge is 0.361 e. The number of sulfonamides is 1. The third-order valence-corrected chi connectivity index (χ3v) is 8.23. The Labute approximate surface area is 158 Å². The number of nitrogens with zero attached hydrogens (tertiary/aromatic N) is 3. The van der Waals surface area contributed by atoms with Crippen LogP contribution in [0.1, 0.15) is 17.0 Å². The Hall–Kier alpha value is -1.23. The number of carbonyl (C=O) groups excluding carboxylic acids is 1. The first kappa shape index (κ1) is 18.6. The van der Waals surface area contributed by atoms with Crippen molar-refractivity contribution < 1.29 is 17.7 Å². The number of aromatic nitrogens is 1. The van der Waals surface area contributed by atoms with E-state index in [0.717, 1.165) is 15.0 Å². The Morgan fingerprint density at radius 3 is 2.48 bits per heavy atom. The first-order valence-corrected chi connectivity index (χ1v) is 10.8. The zero-order chi connectivity index (χ0) is 18.2. The van der Waals surface area contributed by atoms with Crippen molar-refractivity contribution in [2.45, 2.75) is 24.5 Å². The fraction of sp³-hybridized carbons (Fsp3) is 0.467. The van der Waals surface area contributed by atoms with Gasteiger partial charge < -0.3 is 9.42 Å². The second-order valence-electron chi connectivity index (χ2n) is 5.82. The summed E-state index contributed by atoms with van der Waals surface area (Å²) in [6.07, 6.45) is 0.228. The molecule has 0 N–H and O–H groups in total. The Morgan fingerprint density at radius 1 is 1.28 bits per heavy atom. The van der Waals surface area contributed by atoms with Crippen molar-refractivity contribution in [2.24, 2.45) is 0 Å². The number of amides is 1. The molecule has 1 amide bonds. The van der Waals surface area contributed by atoms with Crippen molar-refractivity contribution >= 4 is 43.2 Å². The molecule has 2 aromatic heterocycles. The molecule has 0 atom stereocenters. The molecule has 0 aliphatic carbocycles. The van der Waals surface area contributed by atoms with Crippen molar-refractivity contribution in [2.75, 3.05) is 26.2 Å². The first-order chi connectivity index (χ1) is 11.8. The van der Waals surface area contributed by atoms with E-state index in [4.69, 9.17) is 4.52 Å². The van der Waals surface area contributed by atoms with E-state index in [9.17, 15) is 13.2 Å². The van der Waals surface area contributed by atoms with Crippen LogP contribution in [-0.4, -0.2) is 54.9 Å². The molecule has 1 aliphatic rings. The lowest BCUT2D eigenvalue weighted by Crippen LogP contribution is -2.50. The zero-order valence-corrected chi connectivity index (χ0v) is 17.1. The van der Waals surface area contributed by atoms with Crippen LogP contribution in [0.25, 0.3) is 0 Å². The van der Waals surface area contributed by atoms with Crippen molar-refractivity contribution in [3.8, 4) is 0 Å². The van der Waals surface area contributed by atoms with Gasteiger partial charge in [-0.25, -0.2) is 8.42 Å². The lowest BCUT2D eigenvalue weighted by molar-refractivity contribution is -0.131. The maximum Gasteiger partial charge on any atom is 0.252 e. The first-order valence-electron chi connectivity index (χ1n) is 7.74. The molecule has 0 radical (unpaired) electrons. The van der Waals surface area contributed by atoms with Crippen LogP contribution in [0.4, 0.5) is 0 Å². The minimum absolute atomic E-state index is 0.0367. The van der Waals surface area contributed by atoms with Crippen LogP contribution in [0.3, 0.4) is 0 Å². The molecular formula is C15H18BrN3O4S2. The highest BCUT2D eigenvalue weighted by atomic mass is 79.9. The summed E-state index contributed by atoms with van der Waals surface area (Å²) in [6.45, 7) is 4.95. The standard InChI is InChI=1S/C15H18BrN3O4S2/c1-10-12(11(2)23-17-10)9-14(20)18-5-7-19(8-6-18)25(21,22)15-4-3-13(16)24-15/h3-4H,5-9H2,1-2H3. The predicted molar refractivity (Wildman–Crippen MR) is 97.0 cm³/mol. The van der Waals surface area contributed by atoms with Crippen LogP contribution in [0.15, 0.2) is 24.7 Å². The SMILES string of the molecule is Cc1noc(C)c1CC(=O)N1CCN(S(=O)(=O)c2ccc(Br)s2)CC1. The third kappa shape index (κ3) is 3.81. The summed E-state index contributed by atoms with van der Waals surface area (Å²) in [5.41, 5.74) is 1.53. The molecule has 0 saturated carbocycles. The van der Waals surface area contributed by atoms with Crippen LogP contribution in [0.2, 0.25) is 0 Å². The summed E-state index contributed by atoms with van der Waals surface area (Å²) in [6, 6.07) is 3.32. The average Bonchev–Trinajstić information content (AvgIpc) is 3.16. The second-order valence-corrected chi connectivity index (χ2v) is 10.5. The zero-order valence-electron chi connectivity index (χ0n) is 13.9. The van der Waals surface area contributed by atoms with Gasteiger partial charge in [0.25, 0.3) is 10.0 Å². The molecular weight excluding hydrogens is 430 g/mol. The van der Waals surface area contributed by atoms with Gasteiger partial charge in [-0.2, -0.15) is 4.31 Å². The van der Waals surface area contributed by atoms with E-state index in [1.807, 2.05) is 6.92 Å². The molecule has 0 spiro atoms. The average molecular weight is 448 g/mol. The summed E-state index contributed by atoms with van der Waals surface area (Å²) in [5.74, 6) is 0.612. The van der Waals surface area contributed by atoms with Gasteiger partial charge in [0, 0.05) is 31.7 Å².